The van der Waals surface area contributed by atoms with Crippen LogP contribution in [0.5, 0.6) is 0 Å². The maximum atomic E-state index is 13.5. The van der Waals surface area contributed by atoms with E-state index < -0.39 is 10.0 Å². The number of hydrazone groups is 1. The molecule has 0 saturated heterocycles. The Morgan fingerprint density at radius 1 is 0.902 bits per heavy atom. The molecular formula is C31H26N6O2S2. The van der Waals surface area contributed by atoms with E-state index in [1.54, 1.807) is 36.1 Å². The van der Waals surface area contributed by atoms with Crippen LogP contribution in [0.2, 0.25) is 0 Å². The van der Waals surface area contributed by atoms with Gasteiger partial charge in [0.25, 0.3) is 10.0 Å². The number of nitrogens with one attached hydrogen (secondary N) is 2. The zero-order chi connectivity index (χ0) is 28.4. The van der Waals surface area contributed by atoms with Crippen molar-refractivity contribution in [2.24, 2.45) is 5.10 Å². The molecule has 2 heterocycles. The molecule has 6 rings (SSSR count). The maximum Gasteiger partial charge on any atom is 0.264 e. The molecular weight excluding hydrogens is 553 g/mol. The zero-order valence-electron chi connectivity index (χ0n) is 22.1. The quantitative estimate of drug-likeness (QED) is 0.161. The van der Waals surface area contributed by atoms with Crippen LogP contribution in [-0.4, -0.2) is 36.6 Å². The van der Waals surface area contributed by atoms with Crippen molar-refractivity contribution in [1.82, 2.24) is 20.5 Å². The van der Waals surface area contributed by atoms with Gasteiger partial charge < -0.3 is 5.32 Å². The Morgan fingerprint density at radius 3 is 2.29 bits per heavy atom. The first kappa shape index (κ1) is 26.4. The van der Waals surface area contributed by atoms with Crippen molar-refractivity contribution in [2.75, 3.05) is 11.4 Å². The number of thiocarbonyl (C=S) groups is 1. The molecule has 4 aromatic carbocycles. The molecule has 8 nitrogen and oxygen atoms in total. The van der Waals surface area contributed by atoms with E-state index in [0.717, 1.165) is 22.4 Å². The summed E-state index contributed by atoms with van der Waals surface area (Å²) >= 11 is 5.32. The van der Waals surface area contributed by atoms with E-state index in [1.165, 1.54) is 4.31 Å². The van der Waals surface area contributed by atoms with Crippen molar-refractivity contribution in [3.63, 3.8) is 0 Å². The highest BCUT2D eigenvalue weighted by molar-refractivity contribution is 7.93. The SMILES string of the molecule is CN1c2c(nn(-c3ccc(/C=N/NC(=S)NCc4ccccc4)cc3)c2-c2ccccc2)-c2ccccc2S1(=O)=O. The molecule has 41 heavy (non-hydrogen) atoms. The van der Waals surface area contributed by atoms with Crippen LogP contribution in [0, 0.1) is 0 Å². The van der Waals surface area contributed by atoms with Gasteiger partial charge in [-0.05, 0) is 41.5 Å². The molecule has 5 aromatic rings. The minimum Gasteiger partial charge on any atom is -0.357 e. The van der Waals surface area contributed by atoms with Crippen molar-refractivity contribution in [1.29, 1.82) is 0 Å². The van der Waals surface area contributed by atoms with Gasteiger partial charge in [-0.2, -0.15) is 10.2 Å². The smallest absolute Gasteiger partial charge is 0.264 e. The standard InChI is InChI=1S/C31H26N6O2S2/c1-36-30-28(26-14-8-9-15-27(26)41(36,38)39)35-37(29(30)24-12-6-3-7-13-24)25-18-16-23(17-19-25)21-33-34-31(40)32-20-22-10-4-2-5-11-22/h2-19,21H,20H2,1H3,(H2,32,34,40)/b33-21+. The van der Waals surface area contributed by atoms with Gasteiger partial charge in [0.05, 0.1) is 22.5 Å². The van der Waals surface area contributed by atoms with Gasteiger partial charge in [-0.1, -0.05) is 91.0 Å². The van der Waals surface area contributed by atoms with E-state index in [2.05, 4.69) is 15.8 Å². The highest BCUT2D eigenvalue weighted by Crippen LogP contribution is 2.47. The normalized spacial score (nSPS) is 13.4. The molecule has 2 N–H and O–H groups in total. The first-order valence-electron chi connectivity index (χ1n) is 12.9. The summed E-state index contributed by atoms with van der Waals surface area (Å²) in [6, 6.07) is 34.4. The fourth-order valence-electron chi connectivity index (χ4n) is 4.77. The number of hydrogen-bond donors (Lipinski definition) is 2. The first-order chi connectivity index (χ1) is 19.9. The van der Waals surface area contributed by atoms with Crippen LogP contribution < -0.4 is 15.0 Å². The lowest BCUT2D eigenvalue weighted by Crippen LogP contribution is -2.31. The molecule has 0 unspecified atom stereocenters. The van der Waals surface area contributed by atoms with E-state index in [-0.39, 0.29) is 4.90 Å². The van der Waals surface area contributed by atoms with Crippen molar-refractivity contribution < 1.29 is 8.42 Å². The Labute approximate surface area is 244 Å². The number of rotatable bonds is 6. The van der Waals surface area contributed by atoms with Crippen LogP contribution in [-0.2, 0) is 16.6 Å². The Kier molecular flexibility index (Phi) is 7.08. The van der Waals surface area contributed by atoms with Crippen molar-refractivity contribution in [3.05, 3.63) is 120 Å². The summed E-state index contributed by atoms with van der Waals surface area (Å²) < 4.78 is 30.0. The molecule has 0 atom stereocenters. The average molecular weight is 579 g/mol. The molecule has 204 valence electrons. The van der Waals surface area contributed by atoms with Crippen LogP contribution in [0.3, 0.4) is 0 Å². The predicted molar refractivity (Wildman–Crippen MR) is 167 cm³/mol. The van der Waals surface area contributed by atoms with Crippen LogP contribution >= 0.6 is 12.2 Å². The van der Waals surface area contributed by atoms with Crippen molar-refractivity contribution in [2.45, 2.75) is 11.4 Å². The maximum absolute atomic E-state index is 13.5. The Morgan fingerprint density at radius 2 is 1.56 bits per heavy atom. The second-order valence-corrected chi connectivity index (χ2v) is 11.8. The first-order valence-corrected chi connectivity index (χ1v) is 14.8. The Bertz CT molecular complexity index is 1850. The Balaban J connectivity index is 1.30. The number of anilines is 1. The van der Waals surface area contributed by atoms with Gasteiger partial charge in [0.1, 0.15) is 11.4 Å². The molecule has 10 heteroatoms. The fraction of sp³-hybridized carbons (Fsp3) is 0.0645. The molecule has 0 radical (unpaired) electrons. The summed E-state index contributed by atoms with van der Waals surface area (Å²) in [5.74, 6) is 0. The molecule has 0 fully saturated rings. The molecule has 0 bridgehead atoms. The van der Waals surface area contributed by atoms with Crippen LogP contribution in [0.1, 0.15) is 11.1 Å². The molecule has 0 amide bonds. The third-order valence-corrected chi connectivity index (χ3v) is 8.87. The third-order valence-electron chi connectivity index (χ3n) is 6.82. The minimum absolute atomic E-state index is 0.245. The van der Waals surface area contributed by atoms with E-state index in [0.29, 0.717) is 34.3 Å². The van der Waals surface area contributed by atoms with Gasteiger partial charge in [-0.25, -0.2) is 13.1 Å². The number of sulfonamides is 1. The molecule has 0 spiro atoms. The second kappa shape index (κ2) is 11.0. The highest BCUT2D eigenvalue weighted by Gasteiger charge is 2.38. The van der Waals surface area contributed by atoms with Crippen molar-refractivity contribution >= 4 is 39.3 Å². The number of benzene rings is 4. The molecule has 1 aliphatic heterocycles. The average Bonchev–Trinajstić information content (AvgIpc) is 3.41. The van der Waals surface area contributed by atoms with Crippen LogP contribution in [0.4, 0.5) is 5.69 Å². The van der Waals surface area contributed by atoms with E-state index in [9.17, 15) is 8.42 Å². The van der Waals surface area contributed by atoms with E-state index in [4.69, 9.17) is 17.3 Å². The van der Waals surface area contributed by atoms with E-state index in [1.807, 2.05) is 91.0 Å². The minimum atomic E-state index is -3.74. The largest absolute Gasteiger partial charge is 0.357 e. The summed E-state index contributed by atoms with van der Waals surface area (Å²) in [4.78, 5) is 0.245. The second-order valence-electron chi connectivity index (χ2n) is 9.42. The Hall–Kier alpha value is -4.80. The number of fused-ring (bicyclic) bond motifs is 3. The summed E-state index contributed by atoms with van der Waals surface area (Å²) in [5, 5.41) is 12.8. The van der Waals surface area contributed by atoms with Gasteiger partial charge in [-0.3, -0.25) is 9.73 Å². The lowest BCUT2D eigenvalue weighted by Gasteiger charge is -2.26. The van der Waals surface area contributed by atoms with Gasteiger partial charge >= 0.3 is 0 Å². The van der Waals surface area contributed by atoms with Crippen LogP contribution in [0.15, 0.2) is 119 Å². The van der Waals surface area contributed by atoms with Gasteiger partial charge in [-0.15, -0.1) is 0 Å². The van der Waals surface area contributed by atoms with Gasteiger partial charge in [0.15, 0.2) is 5.11 Å². The third kappa shape index (κ3) is 5.10. The number of hydrogen-bond acceptors (Lipinski definition) is 5. The summed E-state index contributed by atoms with van der Waals surface area (Å²) in [6.07, 6.45) is 1.68. The monoisotopic (exact) mass is 578 g/mol. The van der Waals surface area contributed by atoms with Gasteiger partial charge in [0.2, 0.25) is 0 Å². The highest BCUT2D eigenvalue weighted by atomic mass is 32.2. The predicted octanol–water partition coefficient (Wildman–Crippen LogP) is 5.34. The molecule has 1 aliphatic rings. The molecule has 1 aromatic heterocycles. The van der Waals surface area contributed by atoms with Gasteiger partial charge in [0, 0.05) is 24.7 Å². The fourth-order valence-corrected chi connectivity index (χ4v) is 6.30. The summed E-state index contributed by atoms with van der Waals surface area (Å²) in [5.41, 5.74) is 8.90. The lowest BCUT2D eigenvalue weighted by atomic mass is 10.1. The van der Waals surface area contributed by atoms with Crippen LogP contribution in [0.25, 0.3) is 28.2 Å². The molecule has 0 aliphatic carbocycles. The number of nitrogens with zero attached hydrogens (tertiary/aromatic N) is 4. The summed E-state index contributed by atoms with van der Waals surface area (Å²) in [7, 11) is -2.16. The van der Waals surface area contributed by atoms with Crippen molar-refractivity contribution in [3.8, 4) is 28.2 Å². The summed E-state index contributed by atoms with van der Waals surface area (Å²) in [6.45, 7) is 0.607. The van der Waals surface area contributed by atoms with E-state index >= 15 is 0 Å². The topological polar surface area (TPSA) is 91.6 Å². The molecule has 0 saturated carbocycles. The number of aromatic nitrogens is 2. The lowest BCUT2D eigenvalue weighted by molar-refractivity contribution is 0.594. The zero-order valence-corrected chi connectivity index (χ0v) is 23.7.